The van der Waals surface area contributed by atoms with Crippen LogP contribution in [0.5, 0.6) is 0 Å². The quantitative estimate of drug-likeness (QED) is 0.872. The molecule has 1 aromatic rings. The lowest BCUT2D eigenvalue weighted by Crippen LogP contribution is -2.31. The average molecular weight is 283 g/mol. The normalized spacial score (nSPS) is 13.5. The Morgan fingerprint density at radius 1 is 1.21 bits per heavy atom. The third kappa shape index (κ3) is 3.88. The van der Waals surface area contributed by atoms with Crippen molar-refractivity contribution in [3.8, 4) is 0 Å². The number of sulfonamides is 1. The van der Waals surface area contributed by atoms with E-state index in [0.717, 1.165) is 0 Å². The summed E-state index contributed by atoms with van der Waals surface area (Å²) in [6.45, 7) is 7.06. The molecule has 19 heavy (non-hydrogen) atoms. The molecule has 4 nitrogen and oxygen atoms in total. The highest BCUT2D eigenvalue weighted by atomic mass is 32.2. The molecule has 1 rings (SSSR count). The molecule has 0 amide bonds. The van der Waals surface area contributed by atoms with Gasteiger partial charge in [0.25, 0.3) is 0 Å². The van der Waals surface area contributed by atoms with Crippen molar-refractivity contribution in [3.05, 3.63) is 29.8 Å². The monoisotopic (exact) mass is 283 g/mol. The van der Waals surface area contributed by atoms with Gasteiger partial charge in [-0.1, -0.05) is 32.0 Å². The molecule has 0 aliphatic rings. The maximum atomic E-state index is 12.3. The molecule has 1 atom stereocenters. The van der Waals surface area contributed by atoms with Gasteiger partial charge in [0.2, 0.25) is 10.0 Å². The Balaban J connectivity index is 3.27. The number of benzene rings is 1. The van der Waals surface area contributed by atoms with Crippen molar-refractivity contribution in [2.75, 3.05) is 0 Å². The number of carbonyl (C=O) groups excluding carboxylic acids is 1. The molecule has 0 saturated carbocycles. The second kappa shape index (κ2) is 6.30. The first kappa shape index (κ1) is 15.9. The van der Waals surface area contributed by atoms with Crippen molar-refractivity contribution in [1.29, 1.82) is 0 Å². The van der Waals surface area contributed by atoms with E-state index >= 15 is 0 Å². The Kier molecular flexibility index (Phi) is 5.26. The van der Waals surface area contributed by atoms with Gasteiger partial charge in [-0.05, 0) is 25.5 Å². The van der Waals surface area contributed by atoms with Crippen LogP contribution in [0.25, 0.3) is 0 Å². The number of rotatable bonds is 6. The second-order valence-electron chi connectivity index (χ2n) is 4.86. The minimum Gasteiger partial charge on any atom is -0.299 e. The molecular weight excluding hydrogens is 262 g/mol. The van der Waals surface area contributed by atoms with Crippen LogP contribution in [0.15, 0.2) is 29.2 Å². The van der Waals surface area contributed by atoms with Gasteiger partial charge >= 0.3 is 0 Å². The van der Waals surface area contributed by atoms with Crippen molar-refractivity contribution in [3.63, 3.8) is 0 Å². The molecule has 0 aliphatic carbocycles. The number of hydrogen-bond donors (Lipinski definition) is 1. The van der Waals surface area contributed by atoms with Gasteiger partial charge < -0.3 is 0 Å². The average Bonchev–Trinajstić information content (AvgIpc) is 2.35. The SMILES string of the molecule is CCC(=O)C(C)c1ccccc1S(=O)(=O)NC(C)C. The molecule has 0 spiro atoms. The standard InChI is InChI=1S/C14H21NO3S/c1-5-13(16)11(4)12-8-6-7-9-14(12)19(17,18)15-10(2)3/h6-11,15H,5H2,1-4H3. The first-order chi connectivity index (χ1) is 8.79. The Bertz CT molecular complexity index is 550. The largest absolute Gasteiger partial charge is 0.299 e. The molecule has 0 fully saturated rings. The zero-order valence-corrected chi connectivity index (χ0v) is 12.6. The highest BCUT2D eigenvalue weighted by molar-refractivity contribution is 7.89. The summed E-state index contributed by atoms with van der Waals surface area (Å²) in [7, 11) is -3.58. The molecule has 1 N–H and O–H groups in total. The van der Waals surface area contributed by atoms with Crippen LogP contribution in [0, 0.1) is 0 Å². The lowest BCUT2D eigenvalue weighted by atomic mass is 9.95. The number of Topliss-reactive ketones (excluding diaryl/α,β-unsaturated/α-hetero) is 1. The van der Waals surface area contributed by atoms with Gasteiger partial charge in [-0.3, -0.25) is 4.79 Å². The van der Waals surface area contributed by atoms with Gasteiger partial charge in [0.05, 0.1) is 4.90 Å². The van der Waals surface area contributed by atoms with E-state index in [1.807, 2.05) is 0 Å². The molecule has 0 bridgehead atoms. The molecule has 0 radical (unpaired) electrons. The van der Waals surface area contributed by atoms with Gasteiger partial charge in [-0.25, -0.2) is 13.1 Å². The van der Waals surface area contributed by atoms with Crippen LogP contribution < -0.4 is 4.72 Å². The van der Waals surface area contributed by atoms with E-state index in [2.05, 4.69) is 4.72 Å². The van der Waals surface area contributed by atoms with Crippen LogP contribution in [-0.2, 0) is 14.8 Å². The smallest absolute Gasteiger partial charge is 0.241 e. The van der Waals surface area contributed by atoms with Gasteiger partial charge in [-0.15, -0.1) is 0 Å². The van der Waals surface area contributed by atoms with Crippen LogP contribution in [0.4, 0.5) is 0 Å². The summed E-state index contributed by atoms with van der Waals surface area (Å²) in [6, 6.07) is 6.48. The Hall–Kier alpha value is -1.20. The summed E-state index contributed by atoms with van der Waals surface area (Å²) in [5, 5.41) is 0. The number of nitrogens with one attached hydrogen (secondary N) is 1. The number of hydrogen-bond acceptors (Lipinski definition) is 3. The molecule has 0 aliphatic heterocycles. The van der Waals surface area contributed by atoms with Gasteiger partial charge in [0.15, 0.2) is 0 Å². The van der Waals surface area contributed by atoms with Gasteiger partial charge in [0, 0.05) is 18.4 Å². The van der Waals surface area contributed by atoms with E-state index in [1.54, 1.807) is 52.0 Å². The van der Waals surface area contributed by atoms with Gasteiger partial charge in [-0.2, -0.15) is 0 Å². The molecule has 106 valence electrons. The van der Waals surface area contributed by atoms with E-state index in [9.17, 15) is 13.2 Å². The third-order valence-corrected chi connectivity index (χ3v) is 4.63. The molecular formula is C14H21NO3S. The molecule has 0 aromatic heterocycles. The lowest BCUT2D eigenvalue weighted by molar-refractivity contribution is -0.119. The van der Waals surface area contributed by atoms with Crippen LogP contribution >= 0.6 is 0 Å². The van der Waals surface area contributed by atoms with E-state index in [1.165, 1.54) is 0 Å². The summed E-state index contributed by atoms with van der Waals surface area (Å²) < 4.78 is 27.1. The van der Waals surface area contributed by atoms with Crippen molar-refractivity contribution in [1.82, 2.24) is 4.72 Å². The maximum Gasteiger partial charge on any atom is 0.241 e. The zero-order valence-electron chi connectivity index (χ0n) is 11.8. The van der Waals surface area contributed by atoms with Crippen molar-refractivity contribution in [2.24, 2.45) is 0 Å². The highest BCUT2D eigenvalue weighted by Gasteiger charge is 2.24. The fourth-order valence-electron chi connectivity index (χ4n) is 1.94. The summed E-state index contributed by atoms with van der Waals surface area (Å²) >= 11 is 0. The van der Waals surface area contributed by atoms with E-state index in [0.29, 0.717) is 12.0 Å². The van der Waals surface area contributed by atoms with E-state index in [-0.39, 0.29) is 16.7 Å². The number of ketones is 1. The van der Waals surface area contributed by atoms with Crippen LogP contribution in [0.3, 0.4) is 0 Å². The van der Waals surface area contributed by atoms with E-state index in [4.69, 9.17) is 0 Å². The zero-order chi connectivity index (χ0) is 14.6. The topological polar surface area (TPSA) is 63.2 Å². The third-order valence-electron chi connectivity index (χ3n) is 2.90. The van der Waals surface area contributed by atoms with Crippen LogP contribution in [0.1, 0.15) is 45.6 Å². The van der Waals surface area contributed by atoms with Crippen molar-refractivity contribution in [2.45, 2.75) is 51.0 Å². The molecule has 5 heteroatoms. The summed E-state index contributed by atoms with van der Waals surface area (Å²) in [6.07, 6.45) is 0.396. The first-order valence-corrected chi connectivity index (χ1v) is 7.91. The van der Waals surface area contributed by atoms with E-state index < -0.39 is 15.9 Å². The minimum atomic E-state index is -3.58. The van der Waals surface area contributed by atoms with Crippen LogP contribution in [-0.4, -0.2) is 20.2 Å². The summed E-state index contributed by atoms with van der Waals surface area (Å²) in [5.74, 6) is -0.378. The highest BCUT2D eigenvalue weighted by Crippen LogP contribution is 2.25. The minimum absolute atomic E-state index is 0.0344. The second-order valence-corrected chi connectivity index (χ2v) is 6.54. The first-order valence-electron chi connectivity index (χ1n) is 6.43. The Morgan fingerprint density at radius 3 is 2.32 bits per heavy atom. The molecule has 1 unspecified atom stereocenters. The maximum absolute atomic E-state index is 12.3. The predicted molar refractivity (Wildman–Crippen MR) is 75.6 cm³/mol. The molecule has 0 saturated heterocycles. The Labute approximate surface area is 115 Å². The van der Waals surface area contributed by atoms with Gasteiger partial charge in [0.1, 0.15) is 5.78 Å². The van der Waals surface area contributed by atoms with Crippen LogP contribution in [0.2, 0.25) is 0 Å². The van der Waals surface area contributed by atoms with Crippen molar-refractivity contribution < 1.29 is 13.2 Å². The number of carbonyl (C=O) groups is 1. The molecule has 1 aromatic carbocycles. The summed E-state index contributed by atoms with van der Waals surface area (Å²) in [4.78, 5) is 12.0. The lowest BCUT2D eigenvalue weighted by Gasteiger charge is -2.16. The summed E-state index contributed by atoms with van der Waals surface area (Å²) in [5.41, 5.74) is 0.558. The fourth-order valence-corrected chi connectivity index (χ4v) is 3.50. The fraction of sp³-hybridized carbons (Fsp3) is 0.500. The predicted octanol–water partition coefficient (Wildman–Crippen LogP) is 2.46. The van der Waals surface area contributed by atoms with Crippen molar-refractivity contribution >= 4 is 15.8 Å². The molecule has 0 heterocycles. The Morgan fingerprint density at radius 2 is 1.79 bits per heavy atom.